The normalized spacial score (nSPS) is 44.5. The van der Waals surface area contributed by atoms with E-state index < -0.39 is 12.2 Å². The lowest BCUT2D eigenvalue weighted by molar-refractivity contribution is -0.114. The highest BCUT2D eigenvalue weighted by Crippen LogP contribution is 2.53. The number of rotatable bonds is 1. The first kappa shape index (κ1) is 15.9. The van der Waals surface area contributed by atoms with E-state index in [1.54, 1.807) is 0 Å². The number of Topliss-reactive ketones (excluding diaryl/α,β-unsaturated/α-hetero) is 1. The quantitative estimate of drug-likeness (QED) is 0.732. The second kappa shape index (κ2) is 5.31. The molecule has 0 aromatic carbocycles. The molecule has 0 heterocycles. The summed E-state index contributed by atoms with van der Waals surface area (Å²) in [4.78, 5) is 12.3. The van der Waals surface area contributed by atoms with Crippen LogP contribution in [0.15, 0.2) is 22.8 Å². The van der Waals surface area contributed by atoms with Crippen LogP contribution in [0.2, 0.25) is 0 Å². The average Bonchev–Trinajstić information content (AvgIpc) is 2.98. The highest BCUT2D eigenvalue weighted by Gasteiger charge is 2.48. The Kier molecular flexibility index (Phi) is 3.85. The zero-order chi connectivity index (χ0) is 16.2. The molecule has 1 fully saturated rings. The van der Waals surface area contributed by atoms with E-state index in [-0.39, 0.29) is 23.0 Å². The number of aliphatic hydroxyl groups is 2. The van der Waals surface area contributed by atoms with Crippen LogP contribution < -0.4 is 0 Å². The van der Waals surface area contributed by atoms with E-state index in [9.17, 15) is 15.0 Å². The molecule has 122 valence electrons. The van der Waals surface area contributed by atoms with Crippen molar-refractivity contribution in [1.82, 2.24) is 0 Å². The van der Waals surface area contributed by atoms with Crippen molar-refractivity contribution < 1.29 is 15.0 Å². The Morgan fingerprint density at radius 2 is 1.95 bits per heavy atom. The summed E-state index contributed by atoms with van der Waals surface area (Å²) in [6, 6.07) is 0. The molecule has 1 saturated carbocycles. The zero-order valence-corrected chi connectivity index (χ0v) is 14.1. The van der Waals surface area contributed by atoms with Crippen molar-refractivity contribution in [1.29, 1.82) is 0 Å². The Morgan fingerprint density at radius 3 is 2.59 bits per heavy atom. The van der Waals surface area contributed by atoms with Gasteiger partial charge in [0.1, 0.15) is 6.10 Å². The molecule has 0 aromatic heterocycles. The van der Waals surface area contributed by atoms with E-state index in [2.05, 4.69) is 26.8 Å². The number of allylic oxidation sites excluding steroid dienone is 3. The fourth-order valence-electron chi connectivity index (χ4n) is 4.87. The molecule has 3 heteroatoms. The molecule has 22 heavy (non-hydrogen) atoms. The lowest BCUT2D eigenvalue weighted by atomic mass is 9.69. The minimum atomic E-state index is -0.812. The van der Waals surface area contributed by atoms with E-state index in [1.807, 2.05) is 6.92 Å². The van der Waals surface area contributed by atoms with Gasteiger partial charge < -0.3 is 10.2 Å². The minimum absolute atomic E-state index is 0.0845. The van der Waals surface area contributed by atoms with Gasteiger partial charge in [-0.25, -0.2) is 0 Å². The highest BCUT2D eigenvalue weighted by molar-refractivity contribution is 5.98. The molecule has 5 atom stereocenters. The molecule has 3 rings (SSSR count). The lowest BCUT2D eigenvalue weighted by Crippen LogP contribution is -2.42. The van der Waals surface area contributed by atoms with Gasteiger partial charge in [0.25, 0.3) is 0 Å². The van der Waals surface area contributed by atoms with Crippen LogP contribution in [-0.4, -0.2) is 28.2 Å². The maximum atomic E-state index is 12.3. The molecule has 0 aliphatic heterocycles. The third-order valence-electron chi connectivity index (χ3n) is 6.24. The minimum Gasteiger partial charge on any atom is -0.390 e. The molecule has 0 radical (unpaired) electrons. The number of ketones is 1. The molecule has 2 N–H and O–H groups in total. The van der Waals surface area contributed by atoms with Crippen molar-refractivity contribution in [3.63, 3.8) is 0 Å². The van der Waals surface area contributed by atoms with Gasteiger partial charge in [0.2, 0.25) is 0 Å². The van der Waals surface area contributed by atoms with Gasteiger partial charge in [0.15, 0.2) is 5.78 Å². The third-order valence-corrected chi connectivity index (χ3v) is 6.24. The van der Waals surface area contributed by atoms with Gasteiger partial charge >= 0.3 is 0 Å². The van der Waals surface area contributed by atoms with Crippen LogP contribution in [0.3, 0.4) is 0 Å². The van der Waals surface area contributed by atoms with Crippen LogP contribution in [0, 0.1) is 23.2 Å². The third kappa shape index (κ3) is 2.21. The summed E-state index contributed by atoms with van der Waals surface area (Å²) in [5.74, 6) is 0.610. The SMILES string of the molecule is CC(C)C1=C2[C@@H](O)[C@H](O)[C@H](C)[C@@H]3CCC(=O)/C3=C/[C@@]2(C)CC1. The van der Waals surface area contributed by atoms with Gasteiger partial charge in [0, 0.05) is 11.8 Å². The van der Waals surface area contributed by atoms with Crippen LogP contribution in [-0.2, 0) is 4.79 Å². The first-order chi connectivity index (χ1) is 10.3. The number of fused-ring (bicyclic) bond motifs is 2. The van der Waals surface area contributed by atoms with Crippen LogP contribution in [0.25, 0.3) is 0 Å². The summed E-state index contributed by atoms with van der Waals surface area (Å²) in [6.45, 7) is 8.38. The van der Waals surface area contributed by atoms with E-state index in [1.165, 1.54) is 5.57 Å². The van der Waals surface area contributed by atoms with Crippen LogP contribution in [0.4, 0.5) is 0 Å². The first-order valence-electron chi connectivity index (χ1n) is 8.61. The second-order valence-corrected chi connectivity index (χ2v) is 7.97. The van der Waals surface area contributed by atoms with Gasteiger partial charge in [-0.15, -0.1) is 0 Å². The number of hydrogen-bond acceptors (Lipinski definition) is 3. The fourth-order valence-corrected chi connectivity index (χ4v) is 4.87. The Bertz CT molecular complexity index is 557. The summed E-state index contributed by atoms with van der Waals surface area (Å²) in [5, 5.41) is 21.6. The summed E-state index contributed by atoms with van der Waals surface area (Å²) in [7, 11) is 0. The average molecular weight is 304 g/mol. The van der Waals surface area contributed by atoms with Gasteiger partial charge in [-0.05, 0) is 48.2 Å². The number of hydrogen-bond donors (Lipinski definition) is 2. The van der Waals surface area contributed by atoms with Crippen LogP contribution in [0.1, 0.15) is 53.4 Å². The Balaban J connectivity index is 2.19. The smallest absolute Gasteiger partial charge is 0.158 e. The van der Waals surface area contributed by atoms with Crippen LogP contribution >= 0.6 is 0 Å². The molecule has 3 nitrogen and oxygen atoms in total. The zero-order valence-electron chi connectivity index (χ0n) is 14.1. The predicted molar refractivity (Wildman–Crippen MR) is 86.2 cm³/mol. The maximum absolute atomic E-state index is 12.3. The Morgan fingerprint density at radius 1 is 1.27 bits per heavy atom. The molecule has 0 aromatic rings. The van der Waals surface area contributed by atoms with E-state index >= 15 is 0 Å². The molecule has 0 bridgehead atoms. The maximum Gasteiger partial charge on any atom is 0.158 e. The molecule has 0 spiro atoms. The van der Waals surface area contributed by atoms with Crippen LogP contribution in [0.5, 0.6) is 0 Å². The molecule has 3 aliphatic rings. The highest BCUT2D eigenvalue weighted by atomic mass is 16.3. The van der Waals surface area contributed by atoms with E-state index in [0.29, 0.717) is 12.3 Å². The summed E-state index contributed by atoms with van der Waals surface area (Å²) < 4.78 is 0. The summed E-state index contributed by atoms with van der Waals surface area (Å²) in [5.41, 5.74) is 2.87. The lowest BCUT2D eigenvalue weighted by Gasteiger charge is -2.39. The van der Waals surface area contributed by atoms with Crippen molar-refractivity contribution in [2.45, 2.75) is 65.6 Å². The van der Waals surface area contributed by atoms with E-state index in [0.717, 1.165) is 30.4 Å². The standard InChI is InChI=1S/C19H28O3/c1-10(2)12-7-8-19(4)9-14-13(5-6-15(14)20)11(3)17(21)18(22)16(12)19/h9-11,13,17-18,21-22H,5-8H2,1-4H3/b14-9+/t11-,13+,17-,18-,19-/m1/s1. The van der Waals surface area contributed by atoms with Crippen molar-refractivity contribution in [3.05, 3.63) is 22.8 Å². The van der Waals surface area contributed by atoms with Gasteiger partial charge in [-0.2, -0.15) is 0 Å². The molecular weight excluding hydrogens is 276 g/mol. The Labute approximate surface area is 133 Å². The number of carbonyl (C=O) groups is 1. The second-order valence-electron chi connectivity index (χ2n) is 7.97. The van der Waals surface area contributed by atoms with E-state index in [4.69, 9.17) is 0 Å². The predicted octanol–water partition coefficient (Wildman–Crippen LogP) is 3.02. The molecule has 0 saturated heterocycles. The van der Waals surface area contributed by atoms with Crippen molar-refractivity contribution >= 4 is 5.78 Å². The van der Waals surface area contributed by atoms with Gasteiger partial charge in [-0.3, -0.25) is 4.79 Å². The fraction of sp³-hybridized carbons (Fsp3) is 0.737. The van der Waals surface area contributed by atoms with Crippen molar-refractivity contribution in [2.24, 2.45) is 23.2 Å². The first-order valence-corrected chi connectivity index (χ1v) is 8.61. The molecule has 3 aliphatic carbocycles. The van der Waals surface area contributed by atoms with Gasteiger partial charge in [-0.1, -0.05) is 39.3 Å². The summed E-state index contributed by atoms with van der Waals surface area (Å²) >= 11 is 0. The monoisotopic (exact) mass is 304 g/mol. The largest absolute Gasteiger partial charge is 0.390 e. The number of carbonyl (C=O) groups excluding carboxylic acids is 1. The molecule has 0 unspecified atom stereocenters. The van der Waals surface area contributed by atoms with Gasteiger partial charge in [0.05, 0.1) is 6.10 Å². The topological polar surface area (TPSA) is 57.5 Å². The Hall–Kier alpha value is -0.930. The summed E-state index contributed by atoms with van der Waals surface area (Å²) in [6.07, 6.45) is 3.80. The van der Waals surface area contributed by atoms with Crippen molar-refractivity contribution in [2.75, 3.05) is 0 Å². The van der Waals surface area contributed by atoms with Crippen molar-refractivity contribution in [3.8, 4) is 0 Å². The number of aliphatic hydroxyl groups excluding tert-OH is 2. The molecule has 0 amide bonds. The molecular formula is C19H28O3.